The lowest BCUT2D eigenvalue weighted by Crippen LogP contribution is -2.38. The Morgan fingerprint density at radius 3 is 1.97 bits per heavy atom. The van der Waals surface area contributed by atoms with Crippen molar-refractivity contribution >= 4 is 28.1 Å². The highest BCUT2D eigenvalue weighted by molar-refractivity contribution is 7.14. The number of azide groups is 1. The summed E-state index contributed by atoms with van der Waals surface area (Å²) in [6, 6.07) is 30.0. The number of thiazole rings is 1. The van der Waals surface area contributed by atoms with Crippen molar-refractivity contribution in [3.8, 4) is 0 Å². The van der Waals surface area contributed by atoms with Crippen LogP contribution in [-0.2, 0) is 15.2 Å². The summed E-state index contributed by atoms with van der Waals surface area (Å²) in [5.41, 5.74) is 10.3. The third kappa shape index (κ3) is 5.35. The summed E-state index contributed by atoms with van der Waals surface area (Å²) in [5.74, 6) is -1.28. The molecule has 0 bridgehead atoms. The fraction of sp³-hybridized carbons (Fsp3) is 0.115. The van der Waals surface area contributed by atoms with Crippen LogP contribution in [0.15, 0.2) is 107 Å². The zero-order valence-corrected chi connectivity index (χ0v) is 19.9. The number of carboxylic acid groups (broad SMARTS) is 1. The molecule has 180 valence electrons. The van der Waals surface area contributed by atoms with Crippen LogP contribution >= 0.6 is 11.3 Å². The minimum Gasteiger partial charge on any atom is -0.476 e. The van der Waals surface area contributed by atoms with E-state index < -0.39 is 11.5 Å². The lowest BCUT2D eigenvalue weighted by Gasteiger charge is -2.36. The molecule has 4 rings (SSSR count). The Labute approximate surface area is 211 Å². The van der Waals surface area contributed by atoms with Crippen LogP contribution in [0.3, 0.4) is 0 Å². The van der Waals surface area contributed by atoms with Crippen molar-refractivity contribution in [3.63, 3.8) is 0 Å². The molecule has 0 amide bonds. The van der Waals surface area contributed by atoms with Crippen molar-refractivity contribution in [1.82, 2.24) is 4.98 Å². The Morgan fingerprint density at radius 2 is 1.50 bits per heavy atom. The molecule has 0 fully saturated rings. The number of anilines is 1. The van der Waals surface area contributed by atoms with Gasteiger partial charge in [0.25, 0.3) is 0 Å². The molecule has 10 heteroatoms. The fourth-order valence-corrected chi connectivity index (χ4v) is 4.56. The number of carboxylic acids is 1. The van der Waals surface area contributed by atoms with Gasteiger partial charge in [-0.3, -0.25) is 0 Å². The van der Waals surface area contributed by atoms with Gasteiger partial charge in [-0.1, -0.05) is 101 Å². The minimum atomic E-state index is -1.28. The van der Waals surface area contributed by atoms with Gasteiger partial charge in [-0.05, 0) is 22.2 Å². The number of aromatic nitrogens is 1. The normalized spacial score (nSPS) is 11.4. The van der Waals surface area contributed by atoms with Crippen LogP contribution in [0.25, 0.3) is 10.4 Å². The Morgan fingerprint density at radius 1 is 0.972 bits per heavy atom. The summed E-state index contributed by atoms with van der Waals surface area (Å²) in [6.45, 7) is -0.0142. The van der Waals surface area contributed by atoms with Gasteiger partial charge in [-0.25, -0.2) is 9.78 Å². The fourth-order valence-electron chi connectivity index (χ4n) is 3.81. The third-order valence-corrected chi connectivity index (χ3v) is 6.12. The first kappa shape index (κ1) is 24.5. The number of nitrogens with one attached hydrogen (secondary N) is 1. The maximum Gasteiger partial charge on any atom is 0.360 e. The highest BCUT2D eigenvalue weighted by atomic mass is 32.1. The number of nitrogens with zero attached hydrogens (tertiary/aromatic N) is 5. The third-order valence-electron chi connectivity index (χ3n) is 5.37. The Balaban J connectivity index is 1.77. The van der Waals surface area contributed by atoms with E-state index in [9.17, 15) is 9.90 Å². The first-order valence-corrected chi connectivity index (χ1v) is 11.9. The molecule has 0 saturated carbocycles. The monoisotopic (exact) mass is 498 g/mol. The Kier molecular flexibility index (Phi) is 7.92. The molecule has 3 aromatic carbocycles. The van der Waals surface area contributed by atoms with Crippen LogP contribution in [0.5, 0.6) is 0 Å². The topological polar surface area (TPSA) is 133 Å². The molecule has 0 saturated heterocycles. The van der Waals surface area contributed by atoms with Gasteiger partial charge in [-0.2, -0.15) is 0 Å². The maximum absolute atomic E-state index is 11.8. The summed E-state index contributed by atoms with van der Waals surface area (Å²) in [6.07, 6.45) is 0. The van der Waals surface area contributed by atoms with Gasteiger partial charge in [-0.15, -0.1) is 11.3 Å². The van der Waals surface area contributed by atoms with Crippen molar-refractivity contribution in [2.75, 3.05) is 18.5 Å². The molecular weight excluding hydrogens is 476 g/mol. The van der Waals surface area contributed by atoms with Crippen LogP contribution in [0.4, 0.5) is 5.13 Å². The van der Waals surface area contributed by atoms with Gasteiger partial charge in [0.05, 0.1) is 6.54 Å². The average molecular weight is 499 g/mol. The molecule has 0 aliphatic carbocycles. The molecule has 4 aromatic rings. The number of hydrogen-bond donors (Lipinski definition) is 2. The summed E-state index contributed by atoms with van der Waals surface area (Å²) in [5, 5.41) is 22.4. The minimum absolute atomic E-state index is 0.0323. The van der Waals surface area contributed by atoms with Gasteiger partial charge in [0.15, 0.2) is 5.13 Å². The number of rotatable bonds is 11. The van der Waals surface area contributed by atoms with Gasteiger partial charge in [0, 0.05) is 10.3 Å². The molecule has 0 aliphatic heterocycles. The smallest absolute Gasteiger partial charge is 0.360 e. The SMILES string of the molecule is [N-]=[N+]=NCCO/N=C(\C(=O)O)c1csc(NC(c2ccccc2)(c2ccccc2)c2ccccc2)n1. The Bertz CT molecular complexity index is 1270. The van der Waals surface area contributed by atoms with E-state index in [1.54, 1.807) is 5.38 Å². The second-order valence-electron chi connectivity index (χ2n) is 7.54. The molecule has 0 spiro atoms. The van der Waals surface area contributed by atoms with Gasteiger partial charge < -0.3 is 15.3 Å². The van der Waals surface area contributed by atoms with E-state index in [-0.39, 0.29) is 24.6 Å². The molecule has 1 heterocycles. The molecule has 1 aromatic heterocycles. The predicted octanol–water partition coefficient (Wildman–Crippen LogP) is 5.66. The number of oxime groups is 1. The van der Waals surface area contributed by atoms with Crippen LogP contribution in [-0.4, -0.2) is 34.9 Å². The second-order valence-corrected chi connectivity index (χ2v) is 8.40. The number of benzene rings is 3. The summed E-state index contributed by atoms with van der Waals surface area (Å²) in [4.78, 5) is 24.0. The lowest BCUT2D eigenvalue weighted by molar-refractivity contribution is -0.129. The van der Waals surface area contributed by atoms with Crippen molar-refractivity contribution < 1.29 is 14.7 Å². The van der Waals surface area contributed by atoms with E-state index in [1.165, 1.54) is 11.3 Å². The number of aliphatic carboxylic acids is 1. The first-order chi connectivity index (χ1) is 17.6. The zero-order chi connectivity index (χ0) is 25.2. The van der Waals surface area contributed by atoms with Gasteiger partial charge in [0.1, 0.15) is 17.8 Å². The van der Waals surface area contributed by atoms with Gasteiger partial charge in [0.2, 0.25) is 5.71 Å². The van der Waals surface area contributed by atoms with Crippen LogP contribution in [0.2, 0.25) is 0 Å². The average Bonchev–Trinajstić information content (AvgIpc) is 3.38. The van der Waals surface area contributed by atoms with E-state index in [2.05, 4.69) is 25.5 Å². The molecule has 2 N–H and O–H groups in total. The quantitative estimate of drug-likeness (QED) is 0.0523. The summed E-state index contributed by atoms with van der Waals surface area (Å²) >= 11 is 1.26. The highest BCUT2D eigenvalue weighted by Crippen LogP contribution is 2.40. The predicted molar refractivity (Wildman–Crippen MR) is 139 cm³/mol. The van der Waals surface area contributed by atoms with Crippen molar-refractivity contribution in [3.05, 3.63) is 129 Å². The maximum atomic E-state index is 11.8. The lowest BCUT2D eigenvalue weighted by atomic mass is 9.77. The molecule has 9 nitrogen and oxygen atoms in total. The molecular formula is C26H22N6O3S. The van der Waals surface area contributed by atoms with E-state index in [0.29, 0.717) is 5.13 Å². The second kappa shape index (κ2) is 11.7. The van der Waals surface area contributed by atoms with Crippen LogP contribution < -0.4 is 5.32 Å². The number of carbonyl (C=O) groups is 1. The van der Waals surface area contributed by atoms with Gasteiger partial charge >= 0.3 is 5.97 Å². The van der Waals surface area contributed by atoms with E-state index in [1.807, 2.05) is 91.0 Å². The van der Waals surface area contributed by atoms with E-state index in [4.69, 9.17) is 10.4 Å². The van der Waals surface area contributed by atoms with Crippen molar-refractivity contribution in [2.45, 2.75) is 5.54 Å². The summed E-state index contributed by atoms with van der Waals surface area (Å²) < 4.78 is 0. The molecule has 0 unspecified atom stereocenters. The zero-order valence-electron chi connectivity index (χ0n) is 19.1. The van der Waals surface area contributed by atoms with Crippen LogP contribution in [0.1, 0.15) is 22.4 Å². The molecule has 0 aliphatic rings. The van der Waals surface area contributed by atoms with E-state index >= 15 is 0 Å². The summed E-state index contributed by atoms with van der Waals surface area (Å²) in [7, 11) is 0. The first-order valence-electron chi connectivity index (χ1n) is 11.0. The molecule has 0 radical (unpaired) electrons. The van der Waals surface area contributed by atoms with Crippen molar-refractivity contribution in [2.24, 2.45) is 10.3 Å². The molecule has 36 heavy (non-hydrogen) atoms. The Hall–Kier alpha value is -4.66. The highest BCUT2D eigenvalue weighted by Gasteiger charge is 2.37. The molecule has 0 atom stereocenters. The van der Waals surface area contributed by atoms with E-state index in [0.717, 1.165) is 16.7 Å². The standard InChI is InChI=1S/C26H22N6O3S/c27-32-28-16-17-35-31-23(24(33)34)22-18-36-25(29-22)30-26(19-10-4-1-5-11-19,20-12-6-2-7-13-20)21-14-8-3-9-15-21/h1-15,18H,16-17H2,(H,29,30)(H,33,34)/b31-23-. The number of hydrogen-bond acceptors (Lipinski definition) is 7. The van der Waals surface area contributed by atoms with Crippen LogP contribution in [0, 0.1) is 0 Å². The van der Waals surface area contributed by atoms with Crippen molar-refractivity contribution in [1.29, 1.82) is 0 Å². The largest absolute Gasteiger partial charge is 0.476 e.